The van der Waals surface area contributed by atoms with Crippen molar-refractivity contribution < 1.29 is 5.11 Å². The maximum atomic E-state index is 9.09. The molecule has 0 bridgehead atoms. The summed E-state index contributed by atoms with van der Waals surface area (Å²) in [6.07, 6.45) is 3.55. The van der Waals surface area contributed by atoms with Crippen LogP contribution in [0.3, 0.4) is 0 Å². The number of hydrogen-bond donors (Lipinski definition) is 1. The third-order valence-corrected chi connectivity index (χ3v) is 2.27. The number of aliphatic hydroxyl groups excluding tert-OH is 1. The molecule has 0 aliphatic rings. The zero-order chi connectivity index (χ0) is 11.3. The molecule has 0 saturated heterocycles. The molecule has 0 amide bonds. The molecule has 2 nitrogen and oxygen atoms in total. The van der Waals surface area contributed by atoms with E-state index in [2.05, 4.69) is 4.98 Å². The van der Waals surface area contributed by atoms with Gasteiger partial charge in [0, 0.05) is 23.3 Å². The largest absolute Gasteiger partial charge is 0.392 e. The third kappa shape index (κ3) is 2.34. The highest BCUT2D eigenvalue weighted by molar-refractivity contribution is 5.87. The molecule has 0 aliphatic carbocycles. The van der Waals surface area contributed by atoms with Gasteiger partial charge in [0.15, 0.2) is 0 Å². The van der Waals surface area contributed by atoms with Crippen molar-refractivity contribution in [2.45, 2.75) is 27.4 Å². The van der Waals surface area contributed by atoms with Crippen LogP contribution >= 0.6 is 0 Å². The maximum absolute atomic E-state index is 9.09. The van der Waals surface area contributed by atoms with Crippen LogP contribution in [0.4, 0.5) is 0 Å². The first-order chi connectivity index (χ1) is 7.33. The van der Waals surface area contributed by atoms with Crippen molar-refractivity contribution in [3.8, 4) is 0 Å². The molecule has 0 fully saturated rings. The lowest BCUT2D eigenvalue weighted by atomic mass is 10.0. The zero-order valence-corrected chi connectivity index (χ0v) is 9.49. The number of aromatic nitrogens is 1. The molecule has 0 atom stereocenters. The highest BCUT2D eigenvalue weighted by Crippen LogP contribution is 2.20. The van der Waals surface area contributed by atoms with E-state index in [0.29, 0.717) is 0 Å². The number of rotatable bonds is 1. The Bertz CT molecular complexity index is 437. The van der Waals surface area contributed by atoms with Crippen LogP contribution in [-0.2, 0) is 6.61 Å². The first-order valence-electron chi connectivity index (χ1n) is 5.26. The van der Waals surface area contributed by atoms with Gasteiger partial charge in [0.1, 0.15) is 0 Å². The summed E-state index contributed by atoms with van der Waals surface area (Å²) >= 11 is 0. The predicted molar refractivity (Wildman–Crippen MR) is 63.8 cm³/mol. The number of nitrogens with zero attached hydrogens (tertiary/aromatic N) is 1. The molecule has 1 heterocycles. The minimum absolute atomic E-state index is 0.0494. The second-order valence-corrected chi connectivity index (χ2v) is 3.13. The number of fused-ring (bicyclic) bond motifs is 1. The van der Waals surface area contributed by atoms with Crippen molar-refractivity contribution >= 4 is 10.8 Å². The Morgan fingerprint density at radius 1 is 1.13 bits per heavy atom. The Morgan fingerprint density at radius 3 is 2.53 bits per heavy atom. The van der Waals surface area contributed by atoms with Crippen molar-refractivity contribution in [2.24, 2.45) is 0 Å². The summed E-state index contributed by atoms with van der Waals surface area (Å²) in [6.45, 7) is 6.10. The predicted octanol–water partition coefficient (Wildman–Crippen LogP) is 3.06. The zero-order valence-electron chi connectivity index (χ0n) is 9.49. The van der Waals surface area contributed by atoms with Crippen LogP contribution in [0, 0.1) is 6.92 Å². The number of pyridine rings is 1. The molecule has 0 radical (unpaired) electrons. The number of aliphatic hydroxyl groups is 1. The quantitative estimate of drug-likeness (QED) is 0.772. The van der Waals surface area contributed by atoms with Gasteiger partial charge in [0.25, 0.3) is 0 Å². The number of hydrogen-bond acceptors (Lipinski definition) is 2. The van der Waals surface area contributed by atoms with E-state index in [9.17, 15) is 0 Å². The molecule has 0 spiro atoms. The van der Waals surface area contributed by atoms with Gasteiger partial charge in [-0.25, -0.2) is 0 Å². The topological polar surface area (TPSA) is 33.1 Å². The fourth-order valence-electron chi connectivity index (χ4n) is 1.53. The van der Waals surface area contributed by atoms with E-state index in [1.165, 1.54) is 5.56 Å². The third-order valence-electron chi connectivity index (χ3n) is 2.27. The molecule has 2 heteroatoms. The lowest BCUT2D eigenvalue weighted by molar-refractivity contribution is 0.283. The number of aryl methyl sites for hydroxylation is 1. The van der Waals surface area contributed by atoms with Gasteiger partial charge in [-0.1, -0.05) is 32.0 Å². The average molecular weight is 203 g/mol. The van der Waals surface area contributed by atoms with Gasteiger partial charge < -0.3 is 5.11 Å². The van der Waals surface area contributed by atoms with Crippen LogP contribution in [0.15, 0.2) is 30.6 Å². The standard InChI is InChI=1S/C11H11NO.C2H6/c1-8-3-2-4-10-9(7-13)5-12-6-11(8)10;1-2/h2-6,13H,7H2,1H3;1-2H3. The molecule has 0 saturated carbocycles. The van der Waals surface area contributed by atoms with Crippen molar-refractivity contribution in [1.29, 1.82) is 0 Å². The SMILES string of the molecule is CC.Cc1cccc2c(CO)cncc12. The van der Waals surface area contributed by atoms with E-state index < -0.39 is 0 Å². The number of benzene rings is 1. The Morgan fingerprint density at radius 2 is 1.87 bits per heavy atom. The molecule has 1 aromatic carbocycles. The summed E-state index contributed by atoms with van der Waals surface area (Å²) in [5.41, 5.74) is 2.08. The molecule has 1 N–H and O–H groups in total. The molecule has 15 heavy (non-hydrogen) atoms. The van der Waals surface area contributed by atoms with Gasteiger partial charge in [-0.3, -0.25) is 4.98 Å². The maximum Gasteiger partial charge on any atom is 0.0702 e. The minimum Gasteiger partial charge on any atom is -0.392 e. The normalized spacial score (nSPS) is 9.60. The first-order valence-corrected chi connectivity index (χ1v) is 5.26. The lowest BCUT2D eigenvalue weighted by Gasteiger charge is -2.04. The van der Waals surface area contributed by atoms with Crippen LogP contribution in [0.2, 0.25) is 0 Å². The van der Waals surface area contributed by atoms with E-state index in [-0.39, 0.29) is 6.61 Å². The van der Waals surface area contributed by atoms with Crippen LogP contribution in [0.5, 0.6) is 0 Å². The molecule has 80 valence electrons. The summed E-state index contributed by atoms with van der Waals surface area (Å²) in [7, 11) is 0. The van der Waals surface area contributed by atoms with Crippen LogP contribution in [-0.4, -0.2) is 10.1 Å². The molecule has 2 rings (SSSR count). The van der Waals surface area contributed by atoms with Gasteiger partial charge in [0.05, 0.1) is 6.61 Å². The summed E-state index contributed by atoms with van der Waals surface area (Å²) in [4.78, 5) is 4.08. The molecule has 0 unspecified atom stereocenters. The van der Waals surface area contributed by atoms with Crippen molar-refractivity contribution in [2.75, 3.05) is 0 Å². The fraction of sp³-hybridized carbons (Fsp3) is 0.308. The summed E-state index contributed by atoms with van der Waals surface area (Å²) in [5.74, 6) is 0. The van der Waals surface area contributed by atoms with Gasteiger partial charge in [-0.15, -0.1) is 0 Å². The minimum atomic E-state index is 0.0494. The first kappa shape index (κ1) is 11.7. The highest BCUT2D eigenvalue weighted by Gasteiger charge is 2.01. The Hall–Kier alpha value is -1.41. The van der Waals surface area contributed by atoms with Crippen LogP contribution in [0.1, 0.15) is 25.0 Å². The second kappa shape index (κ2) is 5.47. The molecular formula is C13H17NO. The monoisotopic (exact) mass is 203 g/mol. The van der Waals surface area contributed by atoms with E-state index >= 15 is 0 Å². The van der Waals surface area contributed by atoms with Crippen molar-refractivity contribution in [1.82, 2.24) is 4.98 Å². The highest BCUT2D eigenvalue weighted by atomic mass is 16.3. The summed E-state index contributed by atoms with van der Waals surface area (Å²) in [6, 6.07) is 6.05. The van der Waals surface area contributed by atoms with E-state index in [0.717, 1.165) is 16.3 Å². The molecule has 0 aliphatic heterocycles. The molecule has 2 aromatic rings. The van der Waals surface area contributed by atoms with E-state index in [1.54, 1.807) is 6.20 Å². The van der Waals surface area contributed by atoms with E-state index in [1.807, 2.05) is 45.2 Å². The fourth-order valence-corrected chi connectivity index (χ4v) is 1.53. The summed E-state index contributed by atoms with van der Waals surface area (Å²) in [5, 5.41) is 11.3. The van der Waals surface area contributed by atoms with Crippen LogP contribution in [0.25, 0.3) is 10.8 Å². The van der Waals surface area contributed by atoms with Gasteiger partial charge >= 0.3 is 0 Å². The smallest absolute Gasteiger partial charge is 0.0702 e. The van der Waals surface area contributed by atoms with Gasteiger partial charge in [-0.05, 0) is 17.9 Å². The Kier molecular flexibility index (Phi) is 4.25. The Balaban J connectivity index is 0.000000531. The molecular weight excluding hydrogens is 186 g/mol. The van der Waals surface area contributed by atoms with Crippen molar-refractivity contribution in [3.63, 3.8) is 0 Å². The van der Waals surface area contributed by atoms with Crippen molar-refractivity contribution in [3.05, 3.63) is 41.7 Å². The van der Waals surface area contributed by atoms with Gasteiger partial charge in [-0.2, -0.15) is 0 Å². The van der Waals surface area contributed by atoms with Crippen LogP contribution < -0.4 is 0 Å². The van der Waals surface area contributed by atoms with Gasteiger partial charge in [0.2, 0.25) is 0 Å². The molecule has 1 aromatic heterocycles. The average Bonchev–Trinajstić information content (AvgIpc) is 2.32. The second-order valence-electron chi connectivity index (χ2n) is 3.13. The van der Waals surface area contributed by atoms with E-state index in [4.69, 9.17) is 5.11 Å². The lowest BCUT2D eigenvalue weighted by Crippen LogP contribution is -1.89. The Labute approximate surface area is 90.6 Å². The summed E-state index contributed by atoms with van der Waals surface area (Å²) < 4.78 is 0.